The molecule has 0 bridgehead atoms. The maximum Gasteiger partial charge on any atom is 0.323 e. The van der Waals surface area contributed by atoms with Crippen LogP contribution in [0, 0.1) is 11.8 Å². The van der Waals surface area contributed by atoms with Gasteiger partial charge in [-0.25, -0.2) is 0 Å². The molecule has 2 rings (SSSR count). The quantitative estimate of drug-likeness (QED) is 0.834. The molecule has 1 fully saturated rings. The lowest BCUT2D eigenvalue weighted by Crippen LogP contribution is -2.25. The highest BCUT2D eigenvalue weighted by molar-refractivity contribution is 5.36. The van der Waals surface area contributed by atoms with Gasteiger partial charge in [-0.3, -0.25) is 0 Å². The predicted molar refractivity (Wildman–Crippen MR) is 80.1 cm³/mol. The zero-order valence-corrected chi connectivity index (χ0v) is 12.8. The fraction of sp³-hybridized carbons (Fsp3) is 0.786. The molecule has 1 aromatic heterocycles. The summed E-state index contributed by atoms with van der Waals surface area (Å²) in [6, 6.07) is 0.802. The zero-order chi connectivity index (χ0) is 14.5. The number of anilines is 2. The molecule has 2 N–H and O–H groups in total. The lowest BCUT2D eigenvalue weighted by molar-refractivity contribution is 0.312. The third-order valence-electron chi connectivity index (χ3n) is 4.00. The van der Waals surface area contributed by atoms with Crippen molar-refractivity contribution in [1.82, 2.24) is 15.0 Å². The molecule has 0 aromatic carbocycles. The Morgan fingerprint density at radius 3 is 2.45 bits per heavy atom. The van der Waals surface area contributed by atoms with Gasteiger partial charge in [0.15, 0.2) is 0 Å². The Kier molecular flexibility index (Phi) is 4.98. The van der Waals surface area contributed by atoms with Crippen LogP contribution in [-0.2, 0) is 0 Å². The molecule has 0 aliphatic heterocycles. The minimum Gasteiger partial charge on any atom is -0.464 e. The van der Waals surface area contributed by atoms with Gasteiger partial charge in [0, 0.05) is 12.6 Å². The molecule has 6 nitrogen and oxygen atoms in total. The Morgan fingerprint density at radius 1 is 1.10 bits per heavy atom. The smallest absolute Gasteiger partial charge is 0.323 e. The van der Waals surface area contributed by atoms with Crippen molar-refractivity contribution in [3.63, 3.8) is 0 Å². The lowest BCUT2D eigenvalue weighted by Gasteiger charge is -2.20. The number of nitrogens with one attached hydrogen (secondary N) is 2. The molecule has 20 heavy (non-hydrogen) atoms. The number of nitrogens with zero attached hydrogens (tertiary/aromatic N) is 3. The highest BCUT2D eigenvalue weighted by Crippen LogP contribution is 2.32. The monoisotopic (exact) mass is 279 g/mol. The summed E-state index contributed by atoms with van der Waals surface area (Å²) in [5.74, 6) is 2.54. The van der Waals surface area contributed by atoms with E-state index >= 15 is 0 Å². The molecule has 1 aromatic rings. The van der Waals surface area contributed by atoms with Gasteiger partial charge in [-0.1, -0.05) is 13.8 Å². The van der Waals surface area contributed by atoms with Crippen LogP contribution in [0.3, 0.4) is 0 Å². The summed E-state index contributed by atoms with van der Waals surface area (Å²) < 4.78 is 5.40. The van der Waals surface area contributed by atoms with Crippen LogP contribution in [0.25, 0.3) is 0 Å². The average molecular weight is 279 g/mol. The summed E-state index contributed by atoms with van der Waals surface area (Å²) in [6.07, 6.45) is 2.41. The van der Waals surface area contributed by atoms with E-state index in [9.17, 15) is 0 Å². The SMILES string of the molecule is CCNc1nc(NC2CCC(C)C2C)nc(OCC)n1. The van der Waals surface area contributed by atoms with Gasteiger partial charge >= 0.3 is 6.01 Å². The first kappa shape index (κ1) is 14.8. The van der Waals surface area contributed by atoms with Crippen molar-refractivity contribution in [3.8, 4) is 6.01 Å². The van der Waals surface area contributed by atoms with Gasteiger partial charge in [-0.15, -0.1) is 0 Å². The second-order valence-corrected chi connectivity index (χ2v) is 5.39. The number of aromatic nitrogens is 3. The van der Waals surface area contributed by atoms with Crippen LogP contribution in [0.5, 0.6) is 6.01 Å². The van der Waals surface area contributed by atoms with E-state index in [1.165, 1.54) is 6.42 Å². The highest BCUT2D eigenvalue weighted by Gasteiger charge is 2.30. The molecular weight excluding hydrogens is 254 g/mol. The highest BCUT2D eigenvalue weighted by atomic mass is 16.5. The zero-order valence-electron chi connectivity index (χ0n) is 12.8. The summed E-state index contributed by atoms with van der Waals surface area (Å²) in [4.78, 5) is 13.0. The van der Waals surface area contributed by atoms with Gasteiger partial charge in [0.05, 0.1) is 6.61 Å². The average Bonchev–Trinajstić information content (AvgIpc) is 2.71. The maximum atomic E-state index is 5.40. The van der Waals surface area contributed by atoms with Crippen molar-refractivity contribution >= 4 is 11.9 Å². The molecule has 3 atom stereocenters. The number of ether oxygens (including phenoxy) is 1. The standard InChI is InChI=1S/C14H25N5O/c1-5-15-12-17-13(19-14(18-12)20-6-2)16-11-8-7-9(3)10(11)4/h9-11H,5-8H2,1-4H3,(H2,15,16,17,18,19). The van der Waals surface area contributed by atoms with Crippen LogP contribution < -0.4 is 15.4 Å². The summed E-state index contributed by atoms with van der Waals surface area (Å²) >= 11 is 0. The van der Waals surface area contributed by atoms with Gasteiger partial charge < -0.3 is 15.4 Å². The Hall–Kier alpha value is -1.59. The molecule has 1 saturated carbocycles. The Morgan fingerprint density at radius 2 is 1.85 bits per heavy atom. The van der Waals surface area contributed by atoms with Crippen LogP contribution in [0.15, 0.2) is 0 Å². The minimum atomic E-state index is 0.375. The van der Waals surface area contributed by atoms with E-state index in [1.807, 2.05) is 13.8 Å². The number of rotatable bonds is 6. The molecule has 0 spiro atoms. The fourth-order valence-corrected chi connectivity index (χ4v) is 2.59. The summed E-state index contributed by atoms with van der Waals surface area (Å²) in [6.45, 7) is 9.83. The van der Waals surface area contributed by atoms with Crippen molar-refractivity contribution in [3.05, 3.63) is 0 Å². The van der Waals surface area contributed by atoms with Crippen LogP contribution >= 0.6 is 0 Å². The molecule has 112 valence electrons. The summed E-state index contributed by atoms with van der Waals surface area (Å²) in [5.41, 5.74) is 0. The van der Waals surface area contributed by atoms with Crippen molar-refractivity contribution in [2.24, 2.45) is 11.8 Å². The topological polar surface area (TPSA) is 72.0 Å². The van der Waals surface area contributed by atoms with E-state index in [1.54, 1.807) is 0 Å². The second kappa shape index (κ2) is 6.72. The molecule has 6 heteroatoms. The molecule has 1 heterocycles. The van der Waals surface area contributed by atoms with Gasteiger partial charge in [-0.05, 0) is 38.5 Å². The molecule has 0 radical (unpaired) electrons. The Bertz CT molecular complexity index is 415. The third kappa shape index (κ3) is 3.49. The van der Waals surface area contributed by atoms with Crippen LogP contribution in [0.2, 0.25) is 0 Å². The van der Waals surface area contributed by atoms with Crippen LogP contribution in [0.4, 0.5) is 11.9 Å². The largest absolute Gasteiger partial charge is 0.464 e. The number of hydrogen-bond acceptors (Lipinski definition) is 6. The van der Waals surface area contributed by atoms with E-state index in [2.05, 4.69) is 39.4 Å². The van der Waals surface area contributed by atoms with Gasteiger partial charge in [0.1, 0.15) is 0 Å². The van der Waals surface area contributed by atoms with Crippen molar-refractivity contribution in [2.75, 3.05) is 23.8 Å². The van der Waals surface area contributed by atoms with Crippen molar-refractivity contribution < 1.29 is 4.74 Å². The molecular formula is C14H25N5O. The lowest BCUT2D eigenvalue weighted by atomic mass is 9.98. The summed E-state index contributed by atoms with van der Waals surface area (Å²) in [7, 11) is 0. The van der Waals surface area contributed by atoms with E-state index in [-0.39, 0.29) is 0 Å². The Labute approximate surface area is 120 Å². The van der Waals surface area contributed by atoms with Crippen molar-refractivity contribution in [1.29, 1.82) is 0 Å². The third-order valence-corrected chi connectivity index (χ3v) is 4.00. The molecule has 3 unspecified atom stereocenters. The molecule has 0 saturated heterocycles. The van der Waals surface area contributed by atoms with Crippen molar-refractivity contribution in [2.45, 2.75) is 46.6 Å². The second-order valence-electron chi connectivity index (χ2n) is 5.39. The van der Waals surface area contributed by atoms with E-state index < -0.39 is 0 Å². The molecule has 1 aliphatic rings. The first-order valence-electron chi connectivity index (χ1n) is 7.53. The summed E-state index contributed by atoms with van der Waals surface area (Å²) in [5, 5.41) is 6.55. The first-order chi connectivity index (χ1) is 9.63. The molecule has 0 amide bonds. The fourth-order valence-electron chi connectivity index (χ4n) is 2.59. The van der Waals surface area contributed by atoms with E-state index in [4.69, 9.17) is 4.74 Å². The van der Waals surface area contributed by atoms with E-state index in [0.29, 0.717) is 36.5 Å². The minimum absolute atomic E-state index is 0.375. The first-order valence-corrected chi connectivity index (χ1v) is 7.53. The van der Waals surface area contributed by atoms with Gasteiger partial charge in [0.25, 0.3) is 0 Å². The van der Waals surface area contributed by atoms with Crippen LogP contribution in [-0.4, -0.2) is 34.1 Å². The predicted octanol–water partition coefficient (Wildman–Crippen LogP) is 2.55. The van der Waals surface area contributed by atoms with Crippen LogP contribution in [0.1, 0.15) is 40.5 Å². The normalized spacial score (nSPS) is 25.5. The number of hydrogen-bond donors (Lipinski definition) is 2. The van der Waals surface area contributed by atoms with Gasteiger partial charge in [-0.2, -0.15) is 15.0 Å². The molecule has 1 aliphatic carbocycles. The van der Waals surface area contributed by atoms with E-state index in [0.717, 1.165) is 18.9 Å². The maximum absolute atomic E-state index is 5.40. The Balaban J connectivity index is 2.13. The van der Waals surface area contributed by atoms with Gasteiger partial charge in [0.2, 0.25) is 11.9 Å².